The molecule has 1 aliphatic heterocycles. The van der Waals surface area contributed by atoms with Crippen LogP contribution < -0.4 is 15.3 Å². The molecule has 0 aliphatic carbocycles. The third-order valence-corrected chi connectivity index (χ3v) is 4.32. The fraction of sp³-hybridized carbons (Fsp3) is 0.200. The van der Waals surface area contributed by atoms with E-state index >= 15 is 0 Å². The van der Waals surface area contributed by atoms with Gasteiger partial charge in [-0.05, 0) is 48.9 Å². The first-order valence-electron chi connectivity index (χ1n) is 8.38. The number of hydrogen-bond donors (Lipinski definition) is 1. The first-order chi connectivity index (χ1) is 12.8. The lowest BCUT2D eigenvalue weighted by molar-refractivity contribution is -0.304. The average Bonchev–Trinajstić information content (AvgIpc) is 2.90. The maximum absolute atomic E-state index is 12.6. The number of carboxylic acid groups (broad SMARTS) is 1. The van der Waals surface area contributed by atoms with Crippen molar-refractivity contribution in [1.29, 1.82) is 0 Å². The highest BCUT2D eigenvalue weighted by Gasteiger charge is 2.39. The summed E-state index contributed by atoms with van der Waals surface area (Å²) in [7, 11) is 0. The molecule has 27 heavy (non-hydrogen) atoms. The van der Waals surface area contributed by atoms with Gasteiger partial charge in [0.15, 0.2) is 5.78 Å². The molecule has 1 heterocycles. The Labute approximate surface area is 155 Å². The van der Waals surface area contributed by atoms with E-state index in [0.29, 0.717) is 22.5 Å². The van der Waals surface area contributed by atoms with Crippen LogP contribution in [0, 0.1) is 0 Å². The van der Waals surface area contributed by atoms with Crippen molar-refractivity contribution in [2.24, 2.45) is 0 Å². The standard InChI is InChI=1S/C20H18N2O5/c1-12(23)14-4-8-16(9-5-14)22-18(24)11-17(20(22)27)21-15-6-2-13(3-7-15)10-19(25)26/h2-9,17,21H,10-11H2,1H3,(H,25,26)/p-1/t17-/m0/s1. The van der Waals surface area contributed by atoms with Crippen LogP contribution in [0.5, 0.6) is 0 Å². The second-order valence-electron chi connectivity index (χ2n) is 6.32. The normalized spacial score (nSPS) is 16.5. The van der Waals surface area contributed by atoms with Crippen molar-refractivity contribution in [3.05, 3.63) is 59.7 Å². The number of ketones is 1. The maximum atomic E-state index is 12.6. The average molecular weight is 365 g/mol. The van der Waals surface area contributed by atoms with E-state index < -0.39 is 12.0 Å². The van der Waals surface area contributed by atoms with Gasteiger partial charge >= 0.3 is 0 Å². The molecule has 0 radical (unpaired) electrons. The van der Waals surface area contributed by atoms with Crippen LogP contribution >= 0.6 is 0 Å². The minimum absolute atomic E-state index is 0.00803. The summed E-state index contributed by atoms with van der Waals surface area (Å²) in [4.78, 5) is 48.0. The smallest absolute Gasteiger partial charge is 0.256 e. The molecule has 1 fully saturated rings. The van der Waals surface area contributed by atoms with Crippen molar-refractivity contribution in [1.82, 2.24) is 0 Å². The Kier molecular flexibility index (Phi) is 5.03. The van der Waals surface area contributed by atoms with E-state index in [-0.39, 0.29) is 30.4 Å². The van der Waals surface area contributed by atoms with E-state index in [1.165, 1.54) is 6.92 Å². The SMILES string of the molecule is CC(=O)c1ccc(N2C(=O)C[C@H](Nc3ccc(CC(=O)[O-])cc3)C2=O)cc1. The first-order valence-corrected chi connectivity index (χ1v) is 8.38. The highest BCUT2D eigenvalue weighted by molar-refractivity contribution is 6.23. The van der Waals surface area contributed by atoms with E-state index in [1.54, 1.807) is 48.5 Å². The molecule has 0 spiro atoms. The Morgan fingerprint density at radius 1 is 1.07 bits per heavy atom. The predicted molar refractivity (Wildman–Crippen MR) is 96.1 cm³/mol. The summed E-state index contributed by atoms with van der Waals surface area (Å²) in [5.41, 5.74) is 2.12. The summed E-state index contributed by atoms with van der Waals surface area (Å²) in [5, 5.41) is 13.6. The van der Waals surface area contributed by atoms with Crippen molar-refractivity contribution in [2.75, 3.05) is 10.2 Å². The van der Waals surface area contributed by atoms with Gasteiger partial charge in [0.2, 0.25) is 5.91 Å². The zero-order chi connectivity index (χ0) is 19.6. The van der Waals surface area contributed by atoms with Gasteiger partial charge in [0.25, 0.3) is 5.91 Å². The Hall–Kier alpha value is -3.48. The lowest BCUT2D eigenvalue weighted by Gasteiger charge is -2.16. The zero-order valence-corrected chi connectivity index (χ0v) is 14.6. The molecule has 138 valence electrons. The molecule has 1 saturated heterocycles. The van der Waals surface area contributed by atoms with E-state index in [2.05, 4.69) is 5.32 Å². The summed E-state index contributed by atoms with van der Waals surface area (Å²) in [5.74, 6) is -1.97. The lowest BCUT2D eigenvalue weighted by atomic mass is 10.1. The number of carboxylic acids is 1. The Bertz CT molecular complexity index is 903. The molecule has 7 heteroatoms. The number of nitrogens with zero attached hydrogens (tertiary/aromatic N) is 1. The van der Waals surface area contributed by atoms with Gasteiger partial charge in [0.1, 0.15) is 6.04 Å². The van der Waals surface area contributed by atoms with Gasteiger partial charge in [0.05, 0.1) is 12.1 Å². The van der Waals surface area contributed by atoms with E-state index in [0.717, 1.165) is 4.90 Å². The molecule has 0 unspecified atom stereocenters. The Morgan fingerprint density at radius 3 is 2.26 bits per heavy atom. The maximum Gasteiger partial charge on any atom is 0.256 e. The molecule has 0 bridgehead atoms. The van der Waals surface area contributed by atoms with E-state index in [4.69, 9.17) is 0 Å². The van der Waals surface area contributed by atoms with Gasteiger partial charge < -0.3 is 15.2 Å². The first kappa shape index (κ1) is 18.3. The van der Waals surface area contributed by atoms with Crippen LogP contribution in [0.1, 0.15) is 29.3 Å². The molecule has 2 amide bonds. The van der Waals surface area contributed by atoms with Crippen molar-refractivity contribution in [3.63, 3.8) is 0 Å². The monoisotopic (exact) mass is 365 g/mol. The van der Waals surface area contributed by atoms with Crippen molar-refractivity contribution in [2.45, 2.75) is 25.8 Å². The van der Waals surface area contributed by atoms with Crippen LogP contribution in [0.15, 0.2) is 48.5 Å². The summed E-state index contributed by atoms with van der Waals surface area (Å²) in [6.45, 7) is 1.44. The largest absolute Gasteiger partial charge is 0.550 e. The predicted octanol–water partition coefficient (Wildman–Crippen LogP) is 0.926. The zero-order valence-electron chi connectivity index (χ0n) is 14.6. The third kappa shape index (κ3) is 4.03. The number of anilines is 2. The van der Waals surface area contributed by atoms with Gasteiger partial charge in [-0.1, -0.05) is 12.1 Å². The summed E-state index contributed by atoms with van der Waals surface area (Å²) >= 11 is 0. The van der Waals surface area contributed by atoms with E-state index in [1.807, 2.05) is 0 Å². The van der Waals surface area contributed by atoms with Gasteiger partial charge in [-0.2, -0.15) is 0 Å². The minimum atomic E-state index is -1.17. The van der Waals surface area contributed by atoms with Gasteiger partial charge in [-0.15, -0.1) is 0 Å². The summed E-state index contributed by atoms with van der Waals surface area (Å²) < 4.78 is 0. The number of amides is 2. The molecule has 1 N–H and O–H groups in total. The van der Waals surface area contributed by atoms with Crippen LogP contribution in [-0.4, -0.2) is 29.6 Å². The number of rotatable bonds is 6. The van der Waals surface area contributed by atoms with Crippen molar-refractivity contribution < 1.29 is 24.3 Å². The second-order valence-corrected chi connectivity index (χ2v) is 6.32. The molecule has 1 aliphatic rings. The number of aliphatic carboxylic acids is 1. The summed E-state index contributed by atoms with van der Waals surface area (Å²) in [6.07, 6.45) is -0.181. The number of carbonyl (C=O) groups excluding carboxylic acids is 4. The molecule has 3 rings (SSSR count). The van der Waals surface area contributed by atoms with Crippen LogP contribution in [-0.2, 0) is 20.8 Å². The molecule has 1 atom stereocenters. The molecular formula is C20H17N2O5-. The highest BCUT2D eigenvalue weighted by atomic mass is 16.4. The Morgan fingerprint density at radius 2 is 1.70 bits per heavy atom. The van der Waals surface area contributed by atoms with Crippen LogP contribution in [0.25, 0.3) is 0 Å². The molecule has 2 aromatic rings. The van der Waals surface area contributed by atoms with Crippen LogP contribution in [0.3, 0.4) is 0 Å². The fourth-order valence-electron chi connectivity index (χ4n) is 2.95. The molecule has 7 nitrogen and oxygen atoms in total. The number of nitrogens with one attached hydrogen (secondary N) is 1. The number of imide groups is 1. The molecule has 0 saturated carbocycles. The second kappa shape index (κ2) is 7.41. The number of Topliss-reactive ketones (excluding diaryl/α,β-unsaturated/α-hetero) is 1. The van der Waals surface area contributed by atoms with Crippen LogP contribution in [0.4, 0.5) is 11.4 Å². The number of benzene rings is 2. The summed E-state index contributed by atoms with van der Waals surface area (Å²) in [6, 6.07) is 12.1. The Balaban J connectivity index is 1.72. The molecular weight excluding hydrogens is 348 g/mol. The number of carbonyl (C=O) groups is 4. The van der Waals surface area contributed by atoms with E-state index in [9.17, 15) is 24.3 Å². The quantitative estimate of drug-likeness (QED) is 0.603. The van der Waals surface area contributed by atoms with Crippen molar-refractivity contribution >= 4 is 34.9 Å². The van der Waals surface area contributed by atoms with Crippen LogP contribution in [0.2, 0.25) is 0 Å². The minimum Gasteiger partial charge on any atom is -0.550 e. The van der Waals surface area contributed by atoms with Crippen molar-refractivity contribution in [3.8, 4) is 0 Å². The highest BCUT2D eigenvalue weighted by Crippen LogP contribution is 2.25. The number of hydrogen-bond acceptors (Lipinski definition) is 6. The molecule has 0 aromatic heterocycles. The fourth-order valence-corrected chi connectivity index (χ4v) is 2.95. The molecule has 2 aromatic carbocycles. The van der Waals surface area contributed by atoms with Gasteiger partial charge in [-0.25, -0.2) is 4.90 Å². The third-order valence-electron chi connectivity index (χ3n) is 4.32. The topological polar surface area (TPSA) is 107 Å². The van der Waals surface area contributed by atoms with Gasteiger partial charge in [0, 0.05) is 23.6 Å². The lowest BCUT2D eigenvalue weighted by Crippen LogP contribution is -2.34. The van der Waals surface area contributed by atoms with Gasteiger partial charge in [-0.3, -0.25) is 14.4 Å².